The van der Waals surface area contributed by atoms with Gasteiger partial charge in [-0.2, -0.15) is 0 Å². The first-order chi connectivity index (χ1) is 0. The molecule has 0 spiro atoms. The largest absolute Gasteiger partial charge is 0.412 e. The van der Waals surface area contributed by atoms with Gasteiger partial charge in [-0.05, 0) is 0 Å². The predicted octanol–water partition coefficient (Wildman–Crippen LogP) is -1.20. The molecule has 0 aliphatic carbocycles. The quantitative estimate of drug-likeness (QED) is 0.277. The Morgan fingerprint density at radius 3 is 0.750 bits per heavy atom. The molecule has 0 bridgehead atoms. The monoisotopic (exact) mass is 109 g/mol. The summed E-state index contributed by atoms with van der Waals surface area (Å²) in [5, 5.41) is 0. The third-order valence-corrected chi connectivity index (χ3v) is 0. The predicted molar refractivity (Wildman–Crippen MR) is 13.6 cm³/mol. The molecule has 0 aromatic heterocycles. The summed E-state index contributed by atoms with van der Waals surface area (Å²) in [6, 6.07) is 0. The van der Waals surface area contributed by atoms with Gasteiger partial charge in [0.15, 0.2) is 0 Å². The fourth-order valence-electron chi connectivity index (χ4n) is 0. The Balaban J connectivity index is 0. The Labute approximate surface area is 35.7 Å². The second-order valence-electron chi connectivity index (χ2n) is 0. The van der Waals surface area contributed by atoms with Gasteiger partial charge in [0, 0.05) is 16.5 Å². The van der Waals surface area contributed by atoms with Crippen LogP contribution in [0.4, 0.5) is 0 Å². The first-order valence-corrected chi connectivity index (χ1v) is 0. The second-order valence-corrected chi connectivity index (χ2v) is 0. The van der Waals surface area contributed by atoms with E-state index in [1.54, 1.807) is 0 Å². The summed E-state index contributed by atoms with van der Waals surface area (Å²) in [5.74, 6) is 0. The van der Waals surface area contributed by atoms with Crippen LogP contribution < -0.4 is 0 Å². The fraction of sp³-hybridized carbons (Fsp3) is 0. The van der Waals surface area contributed by atoms with Gasteiger partial charge in [-0.15, -0.1) is 0 Å². The molecule has 0 rings (SSSR count). The molecule has 0 aliphatic rings. The van der Waals surface area contributed by atoms with Gasteiger partial charge < -0.3 is 18.4 Å². The number of hydrogen-bond donors (Lipinski definition) is 0. The Morgan fingerprint density at radius 1 is 0.750 bits per heavy atom. The van der Waals surface area contributed by atoms with Crippen molar-refractivity contribution in [1.82, 2.24) is 0 Å². The minimum absolute atomic E-state index is 0. The molecule has 4 N–H and O–H groups in total. The summed E-state index contributed by atoms with van der Waals surface area (Å²) < 4.78 is 0. The van der Waals surface area contributed by atoms with Crippen molar-refractivity contribution in [3.63, 3.8) is 0 Å². The van der Waals surface area contributed by atoms with E-state index in [0.29, 0.717) is 0 Å². The van der Waals surface area contributed by atoms with Crippen molar-refractivity contribution in [3.05, 3.63) is 7.43 Å². The van der Waals surface area contributed by atoms with Gasteiger partial charge in [0.1, 0.15) is 0 Å². The molecule has 3 heteroatoms. The Hall–Kier alpha value is 0.414. The van der Waals surface area contributed by atoms with Crippen LogP contribution in [0.15, 0.2) is 0 Å². The van der Waals surface area contributed by atoms with Crippen LogP contribution in [0.5, 0.6) is 0 Å². The van der Waals surface area contributed by atoms with Gasteiger partial charge in [0.2, 0.25) is 0 Å². The first-order valence-electron chi connectivity index (χ1n) is 0. The van der Waals surface area contributed by atoms with Crippen LogP contribution in [0.1, 0.15) is 0 Å². The molecule has 0 aliphatic heterocycles. The molecule has 0 heterocycles. The maximum Gasteiger partial charge on any atom is 0 e. The van der Waals surface area contributed by atoms with Gasteiger partial charge >= 0.3 is 0 Å². The average Bonchev–Trinajstić information content (AvgIpc) is 0. The van der Waals surface area contributed by atoms with Crippen molar-refractivity contribution >= 4 is 0 Å². The van der Waals surface area contributed by atoms with Gasteiger partial charge in [-0.25, -0.2) is 0 Å². The minimum atomic E-state index is 0. The summed E-state index contributed by atoms with van der Waals surface area (Å²) in [5.41, 5.74) is 0. The van der Waals surface area contributed by atoms with Crippen molar-refractivity contribution < 1.29 is 27.4 Å². The second kappa shape index (κ2) is 116. The van der Waals surface area contributed by atoms with Crippen LogP contribution in [0.2, 0.25) is 0 Å². The molecule has 0 radical (unpaired) electrons. The van der Waals surface area contributed by atoms with Crippen molar-refractivity contribution in [2.45, 2.75) is 0 Å². The molecular weight excluding hydrogens is 103 g/mol. The SMILES string of the molecule is O.O.[CH3-].[Ni]. The van der Waals surface area contributed by atoms with Crippen LogP contribution in [0.25, 0.3) is 0 Å². The molecule has 0 saturated heterocycles. The molecular formula is CH7NiO2-. The van der Waals surface area contributed by atoms with E-state index in [-0.39, 0.29) is 34.9 Å². The van der Waals surface area contributed by atoms with Gasteiger partial charge in [0.25, 0.3) is 0 Å². The van der Waals surface area contributed by atoms with Crippen molar-refractivity contribution in [2.75, 3.05) is 0 Å². The summed E-state index contributed by atoms with van der Waals surface area (Å²) in [7, 11) is 0. The zero-order chi connectivity index (χ0) is 0. The van der Waals surface area contributed by atoms with Crippen LogP contribution in [-0.2, 0) is 16.5 Å². The summed E-state index contributed by atoms with van der Waals surface area (Å²) in [6.07, 6.45) is 0. The summed E-state index contributed by atoms with van der Waals surface area (Å²) >= 11 is 0. The van der Waals surface area contributed by atoms with E-state index in [1.807, 2.05) is 0 Å². The molecule has 34 valence electrons. The molecule has 0 fully saturated rings. The topological polar surface area (TPSA) is 63.0 Å². The van der Waals surface area contributed by atoms with Gasteiger partial charge in [-0.1, -0.05) is 0 Å². The molecule has 0 atom stereocenters. The molecule has 4 heavy (non-hydrogen) atoms. The van der Waals surface area contributed by atoms with Crippen LogP contribution >= 0.6 is 0 Å². The summed E-state index contributed by atoms with van der Waals surface area (Å²) in [6.45, 7) is 0. The zero-order valence-corrected chi connectivity index (χ0v) is 3.30. The van der Waals surface area contributed by atoms with E-state index in [2.05, 4.69) is 0 Å². The number of hydrogen-bond acceptors (Lipinski definition) is 0. The summed E-state index contributed by atoms with van der Waals surface area (Å²) in [4.78, 5) is 0. The van der Waals surface area contributed by atoms with Crippen LogP contribution in [-0.4, -0.2) is 11.0 Å². The van der Waals surface area contributed by atoms with E-state index in [1.165, 1.54) is 0 Å². The molecule has 0 unspecified atom stereocenters. The standard InChI is InChI=1S/CH3.Ni.2H2O/h1H3;;2*1H2/q-1;;;. The Kier molecular flexibility index (Phi) is 8740. The maximum absolute atomic E-state index is 0. The van der Waals surface area contributed by atoms with E-state index < -0.39 is 0 Å². The Morgan fingerprint density at radius 2 is 0.750 bits per heavy atom. The smallest absolute Gasteiger partial charge is 0 e. The molecule has 0 aromatic rings. The van der Waals surface area contributed by atoms with E-state index in [0.717, 1.165) is 0 Å². The molecule has 0 aromatic carbocycles. The van der Waals surface area contributed by atoms with E-state index in [4.69, 9.17) is 0 Å². The van der Waals surface area contributed by atoms with Gasteiger partial charge in [-0.3, -0.25) is 0 Å². The minimum Gasteiger partial charge on any atom is -0.412 e. The van der Waals surface area contributed by atoms with Crippen molar-refractivity contribution in [3.8, 4) is 0 Å². The first kappa shape index (κ1) is 301. The van der Waals surface area contributed by atoms with Crippen LogP contribution in [0.3, 0.4) is 0 Å². The average molecular weight is 110 g/mol. The number of rotatable bonds is 0. The van der Waals surface area contributed by atoms with Gasteiger partial charge in [0.05, 0.1) is 0 Å². The molecule has 0 amide bonds. The third kappa shape index (κ3) is 28.2. The van der Waals surface area contributed by atoms with E-state index in [9.17, 15) is 0 Å². The molecule has 0 saturated carbocycles. The van der Waals surface area contributed by atoms with Crippen LogP contribution in [0, 0.1) is 7.43 Å². The Bertz CT molecular complexity index is 6.00. The van der Waals surface area contributed by atoms with Crippen molar-refractivity contribution in [1.29, 1.82) is 0 Å². The fourth-order valence-corrected chi connectivity index (χ4v) is 0. The van der Waals surface area contributed by atoms with E-state index >= 15 is 0 Å². The molecule has 2 nitrogen and oxygen atoms in total. The maximum atomic E-state index is 0. The zero-order valence-electron chi connectivity index (χ0n) is 2.32. The third-order valence-electron chi connectivity index (χ3n) is 0. The van der Waals surface area contributed by atoms with Crippen molar-refractivity contribution in [2.24, 2.45) is 0 Å². The normalized spacial score (nSPS) is 0.